The van der Waals surface area contributed by atoms with Crippen molar-refractivity contribution < 1.29 is 4.79 Å². The van der Waals surface area contributed by atoms with Gasteiger partial charge in [0.15, 0.2) is 0 Å². The summed E-state index contributed by atoms with van der Waals surface area (Å²) in [6.45, 7) is 4.64. The van der Waals surface area contributed by atoms with Gasteiger partial charge in [-0.15, -0.1) is 10.2 Å². The van der Waals surface area contributed by atoms with E-state index in [4.69, 9.17) is 0 Å². The van der Waals surface area contributed by atoms with Gasteiger partial charge in [-0.05, 0) is 48.7 Å². The van der Waals surface area contributed by atoms with E-state index in [0.29, 0.717) is 5.82 Å². The normalized spacial score (nSPS) is 26.1. The zero-order chi connectivity index (χ0) is 19.8. The summed E-state index contributed by atoms with van der Waals surface area (Å²) >= 11 is 1.76. The quantitative estimate of drug-likeness (QED) is 0.833. The van der Waals surface area contributed by atoms with Gasteiger partial charge in [-0.3, -0.25) is 14.6 Å². The number of aromatic nitrogens is 3. The number of carbonyl (C=O) groups excluding carboxylic acids is 1. The summed E-state index contributed by atoms with van der Waals surface area (Å²) in [4.78, 5) is 17.9. The van der Waals surface area contributed by atoms with Crippen LogP contribution < -0.4 is 5.32 Å². The topological polar surface area (TPSA) is 66.3 Å². The van der Waals surface area contributed by atoms with Crippen molar-refractivity contribution in [1.29, 1.82) is 0 Å². The number of nitrogens with zero attached hydrogens (tertiary/aromatic N) is 5. The minimum atomic E-state index is -0.0523. The van der Waals surface area contributed by atoms with Gasteiger partial charge in [-0.25, -0.2) is 0 Å². The van der Waals surface area contributed by atoms with Crippen molar-refractivity contribution >= 4 is 17.2 Å². The van der Waals surface area contributed by atoms with E-state index >= 15 is 0 Å². The van der Waals surface area contributed by atoms with Crippen molar-refractivity contribution in [2.24, 2.45) is 0 Å². The van der Waals surface area contributed by atoms with Crippen LogP contribution in [0.5, 0.6) is 0 Å². The molecule has 1 spiro atoms. The average molecular weight is 415 g/mol. The highest BCUT2D eigenvalue weighted by Crippen LogP contribution is 2.35. The lowest BCUT2D eigenvalue weighted by molar-refractivity contribution is 0.0646. The summed E-state index contributed by atoms with van der Waals surface area (Å²) in [5.41, 5.74) is 1.44. The maximum atomic E-state index is 12.9. The third-order valence-corrected chi connectivity index (χ3v) is 7.74. The van der Waals surface area contributed by atoms with E-state index in [1.165, 1.54) is 24.8 Å². The van der Waals surface area contributed by atoms with Crippen LogP contribution >= 0.6 is 11.3 Å². The Bertz CT molecular complexity index is 859. The number of carbonyl (C=O) groups is 1. The van der Waals surface area contributed by atoms with Gasteiger partial charge in [-0.1, -0.05) is 19.3 Å². The Morgan fingerprint density at radius 1 is 1.28 bits per heavy atom. The largest absolute Gasteiger partial charge is 0.347 e. The highest BCUT2D eigenvalue weighted by Gasteiger charge is 2.46. The van der Waals surface area contributed by atoms with Crippen LogP contribution in [-0.4, -0.2) is 62.2 Å². The van der Waals surface area contributed by atoms with Gasteiger partial charge < -0.3 is 9.88 Å². The van der Waals surface area contributed by atoms with Crippen molar-refractivity contribution in [2.75, 3.05) is 20.1 Å². The van der Waals surface area contributed by atoms with Crippen LogP contribution in [0.2, 0.25) is 0 Å². The molecule has 0 bridgehead atoms. The minimum Gasteiger partial charge on any atom is -0.347 e. The molecule has 2 fully saturated rings. The third-order valence-electron chi connectivity index (χ3n) is 7.01. The first kappa shape index (κ1) is 19.2. The Labute approximate surface area is 176 Å². The van der Waals surface area contributed by atoms with Gasteiger partial charge in [0.05, 0.1) is 12.1 Å². The van der Waals surface area contributed by atoms with Gasteiger partial charge in [0.2, 0.25) is 5.82 Å². The molecule has 1 saturated carbocycles. The molecule has 1 atom stereocenters. The number of hydrogen-bond donors (Lipinski definition) is 1. The second-order valence-corrected chi connectivity index (χ2v) is 9.79. The highest BCUT2D eigenvalue weighted by atomic mass is 32.1. The van der Waals surface area contributed by atoms with Crippen molar-refractivity contribution in [3.63, 3.8) is 0 Å². The smallest absolute Gasteiger partial charge is 0.289 e. The number of rotatable bonds is 4. The Kier molecular flexibility index (Phi) is 5.17. The van der Waals surface area contributed by atoms with E-state index in [2.05, 4.69) is 53.8 Å². The number of amides is 1. The van der Waals surface area contributed by atoms with E-state index in [-0.39, 0.29) is 17.5 Å². The van der Waals surface area contributed by atoms with Crippen LogP contribution in [0.4, 0.5) is 0 Å². The van der Waals surface area contributed by atoms with E-state index in [0.717, 1.165) is 57.8 Å². The molecule has 0 aromatic carbocycles. The second-order valence-electron chi connectivity index (χ2n) is 9.01. The van der Waals surface area contributed by atoms with Crippen LogP contribution in [0.25, 0.3) is 0 Å². The van der Waals surface area contributed by atoms with Crippen LogP contribution in [-0.2, 0) is 19.6 Å². The van der Waals surface area contributed by atoms with Gasteiger partial charge in [0.25, 0.3) is 5.91 Å². The molecule has 7 nitrogen and oxygen atoms in total. The number of fused-ring (bicyclic) bond motifs is 1. The molecular formula is C21H30N6OS. The average Bonchev–Trinajstić information content (AvgIpc) is 3.45. The molecule has 4 heterocycles. The van der Waals surface area contributed by atoms with Gasteiger partial charge in [0, 0.05) is 32.2 Å². The molecule has 2 aliphatic heterocycles. The summed E-state index contributed by atoms with van der Waals surface area (Å²) < 4.78 is 2.09. The number of nitrogens with one attached hydrogen (secondary N) is 1. The standard InChI is InChI=1S/C21H30N6OS/c1-25-12-18-23-24-19(20(28)22-17-5-3-2-4-6-17)27(18)15-21(25)8-9-26(14-21)11-16-7-10-29-13-16/h7,10,13,17H,2-6,8-9,11-12,14-15H2,1H3,(H,22,28)/t21-/m0/s1. The SMILES string of the molecule is CN1Cc2nnc(C(=O)NC3CCCCC3)n2C[C@@]12CCN(Cc1ccsc1)C2. The molecule has 1 saturated heterocycles. The van der Waals surface area contributed by atoms with Crippen LogP contribution in [0, 0.1) is 0 Å². The Balaban J connectivity index is 1.31. The maximum Gasteiger partial charge on any atom is 0.289 e. The van der Waals surface area contributed by atoms with Crippen molar-refractivity contribution in [3.8, 4) is 0 Å². The van der Waals surface area contributed by atoms with Crippen molar-refractivity contribution in [1.82, 2.24) is 29.9 Å². The van der Waals surface area contributed by atoms with Crippen molar-refractivity contribution in [2.45, 2.75) is 69.7 Å². The number of thiophene rings is 1. The minimum absolute atomic E-state index is 0.0469. The zero-order valence-electron chi connectivity index (χ0n) is 17.1. The highest BCUT2D eigenvalue weighted by molar-refractivity contribution is 7.07. The summed E-state index contributed by atoms with van der Waals surface area (Å²) in [7, 11) is 2.19. The fourth-order valence-corrected chi connectivity index (χ4v) is 5.89. The second kappa shape index (κ2) is 7.81. The van der Waals surface area contributed by atoms with Crippen molar-refractivity contribution in [3.05, 3.63) is 34.0 Å². The van der Waals surface area contributed by atoms with E-state index < -0.39 is 0 Å². The molecule has 2 aromatic rings. The predicted octanol–water partition coefficient (Wildman–Crippen LogP) is 2.49. The predicted molar refractivity (Wildman–Crippen MR) is 113 cm³/mol. The first-order valence-electron chi connectivity index (χ1n) is 10.8. The molecule has 29 heavy (non-hydrogen) atoms. The molecule has 5 rings (SSSR count). The fraction of sp³-hybridized carbons (Fsp3) is 0.667. The molecule has 3 aliphatic rings. The summed E-state index contributed by atoms with van der Waals surface area (Å²) in [6, 6.07) is 2.50. The molecule has 1 aliphatic carbocycles. The molecular weight excluding hydrogens is 384 g/mol. The Hall–Kier alpha value is -1.77. The van der Waals surface area contributed by atoms with E-state index in [1.807, 2.05) is 0 Å². The molecule has 0 radical (unpaired) electrons. The monoisotopic (exact) mass is 414 g/mol. The molecule has 156 valence electrons. The van der Waals surface area contributed by atoms with E-state index in [9.17, 15) is 4.79 Å². The Morgan fingerprint density at radius 3 is 2.93 bits per heavy atom. The first-order chi connectivity index (χ1) is 14.1. The lowest BCUT2D eigenvalue weighted by Crippen LogP contribution is -2.55. The molecule has 1 N–H and O–H groups in total. The van der Waals surface area contributed by atoms with E-state index in [1.54, 1.807) is 11.3 Å². The summed E-state index contributed by atoms with van der Waals surface area (Å²) in [5.74, 6) is 1.35. The summed E-state index contributed by atoms with van der Waals surface area (Å²) in [6.07, 6.45) is 6.96. The molecule has 0 unspecified atom stereocenters. The number of hydrogen-bond acceptors (Lipinski definition) is 6. The first-order valence-corrected chi connectivity index (χ1v) is 11.7. The summed E-state index contributed by atoms with van der Waals surface area (Å²) in [5, 5.41) is 16.2. The number of likely N-dealkylation sites (N-methyl/N-ethyl adjacent to an activating group) is 1. The third kappa shape index (κ3) is 3.73. The van der Waals surface area contributed by atoms with Gasteiger partial charge in [-0.2, -0.15) is 11.3 Å². The lowest BCUT2D eigenvalue weighted by Gasteiger charge is -2.42. The molecule has 1 amide bonds. The Morgan fingerprint density at radius 2 is 2.14 bits per heavy atom. The number of likely N-dealkylation sites (tertiary alicyclic amines) is 1. The van der Waals surface area contributed by atoms with Gasteiger partial charge in [0.1, 0.15) is 5.82 Å². The van der Waals surface area contributed by atoms with Crippen LogP contribution in [0.3, 0.4) is 0 Å². The lowest BCUT2D eigenvalue weighted by atomic mass is 9.94. The fourth-order valence-electron chi connectivity index (χ4n) is 5.24. The molecule has 8 heteroatoms. The van der Waals surface area contributed by atoms with Crippen LogP contribution in [0.15, 0.2) is 16.8 Å². The molecule has 2 aromatic heterocycles. The van der Waals surface area contributed by atoms with Gasteiger partial charge >= 0.3 is 0 Å². The van der Waals surface area contributed by atoms with Crippen LogP contribution in [0.1, 0.15) is 60.5 Å². The zero-order valence-corrected chi connectivity index (χ0v) is 18.0. The maximum absolute atomic E-state index is 12.9.